The Morgan fingerprint density at radius 2 is 0.516 bits per heavy atom. The van der Waals surface area contributed by atoms with E-state index in [0.717, 1.165) is 77.8 Å². The van der Waals surface area contributed by atoms with Crippen LogP contribution in [0.4, 0.5) is 0 Å². The van der Waals surface area contributed by atoms with Crippen molar-refractivity contribution in [3.05, 3.63) is 353 Å². The molecule has 24 heterocycles. The predicted molar refractivity (Wildman–Crippen MR) is 503 cm³/mol. The molecule has 12 aromatic heterocycles. The van der Waals surface area contributed by atoms with Gasteiger partial charge in [0.25, 0.3) is 33.9 Å². The van der Waals surface area contributed by atoms with E-state index in [0.29, 0.717) is 0 Å². The number of aryl methyl sites for hydroxylation is 18. The normalized spacial score (nSPS) is 15.3. The van der Waals surface area contributed by atoms with Gasteiger partial charge in [0.2, 0.25) is 0 Å². The number of pyridine rings is 6. The second-order valence-electron chi connectivity index (χ2n) is 39.2. The molecule has 36 rings (SSSR count). The van der Waals surface area contributed by atoms with Crippen molar-refractivity contribution in [2.45, 2.75) is 158 Å². The maximum atomic E-state index is 2.54. The highest BCUT2D eigenvalue weighted by atomic mass is 15.2. The fourth-order valence-electron chi connectivity index (χ4n) is 27.3. The Morgan fingerprint density at radius 1 is 0.190 bits per heavy atom. The average Bonchev–Trinajstić information content (AvgIpc) is 1.55. The number of benzene rings is 12. The molecule has 0 spiro atoms. The van der Waals surface area contributed by atoms with Crippen LogP contribution in [-0.4, -0.2) is 26.4 Å². The van der Waals surface area contributed by atoms with Crippen LogP contribution in [0.25, 0.3) is 164 Å². The molecule has 0 unspecified atom stereocenters. The summed E-state index contributed by atoms with van der Waals surface area (Å²) < 4.78 is 29.9. The summed E-state index contributed by atoms with van der Waals surface area (Å²) in [5.74, 6) is 0. The number of hydrogen-bond acceptors (Lipinski definition) is 0. The summed E-state index contributed by atoms with van der Waals surface area (Å²) in [6, 6.07) is 68.8. The number of hydrogen-bond donors (Lipinski definition) is 0. The van der Waals surface area contributed by atoms with E-state index in [2.05, 4.69) is 315 Å². The molecule has 0 atom stereocenters. The maximum Gasteiger partial charge on any atom is 0.295 e. The summed E-state index contributed by atoms with van der Waals surface area (Å²) in [5.41, 5.74) is 52.4. The zero-order valence-electron chi connectivity index (χ0n) is 71.9. The van der Waals surface area contributed by atoms with Gasteiger partial charge in [0.15, 0.2) is 0 Å². The second kappa shape index (κ2) is 23.7. The zero-order chi connectivity index (χ0) is 82.3. The monoisotopic (exact) mass is 1630 g/mol. The summed E-state index contributed by atoms with van der Waals surface area (Å²) >= 11 is 0. The fourth-order valence-corrected chi connectivity index (χ4v) is 27.3. The van der Waals surface area contributed by atoms with Crippen LogP contribution in [0.3, 0.4) is 0 Å². The van der Waals surface area contributed by atoms with Crippen molar-refractivity contribution in [1.82, 2.24) is 26.4 Å². The largest absolute Gasteiger partial charge is 0.295 e. The summed E-state index contributed by atoms with van der Waals surface area (Å²) in [6.07, 6.45) is 28.2. The minimum atomic E-state index is 1.03. The standard InChI is InChI=1S/6C19H15N2/c1-11-5-8-14-15-4-2-3-12-6-7-13-9-20-10-16(11)17(14)19(20)21(13)18(12)15;1-11-5-7-16-15-4-2-3-12-9-20-10-13-6-8-14(11)18(16)21(13)19(20)17(12)15;1-11-7-12-5-6-14-10-20-9-13-3-2-4-15-16(8-11)18(12)21(14)19(20)17(13)15;1-11-7-13-9-20-10-14-6-5-12-3-2-4-15-16(8-11)17(13)19(20)21(14)18(12)15;1-11-5-6-12-7-8-14-10-20-9-13-3-2-4-15-16(11)18(12)21(14)19(20)17(13)15;1-11-5-6-13-9-20-10-14-8-7-12-3-2-4-15-16(11)17(13)19(20)21(14)18(12)15/h2-5,8-9H,6-7,10H2,1H3;2-5,7,10H,6,8-9H2,1H3;2*2-4,7-8,10H,5-6,9H2,1H3;2*2-6,10H,7-9H2,1H3/q6*+1. The second-order valence-corrected chi connectivity index (χ2v) is 39.2. The van der Waals surface area contributed by atoms with E-state index in [1.807, 2.05) is 0 Å². The Bertz CT molecular complexity index is 9410. The number of para-hydroxylation sites is 3. The molecule has 126 heavy (non-hydrogen) atoms. The van der Waals surface area contributed by atoms with Crippen LogP contribution >= 0.6 is 0 Å². The molecule has 0 N–H and O–H groups in total. The summed E-state index contributed by atoms with van der Waals surface area (Å²) in [7, 11) is 0. The third kappa shape index (κ3) is 8.49. The minimum absolute atomic E-state index is 1.03. The van der Waals surface area contributed by atoms with Crippen LogP contribution in [0.1, 0.15) is 134 Å². The quantitative estimate of drug-likeness (QED) is 0.107. The van der Waals surface area contributed by atoms with E-state index >= 15 is 0 Å². The molecular weight excluding hydrogens is 1540 g/mol. The van der Waals surface area contributed by atoms with Crippen molar-refractivity contribution in [2.75, 3.05) is 0 Å². The Morgan fingerprint density at radius 3 is 1.07 bits per heavy atom. The van der Waals surface area contributed by atoms with Gasteiger partial charge >= 0.3 is 0 Å². The lowest BCUT2D eigenvalue weighted by molar-refractivity contribution is -0.657. The van der Waals surface area contributed by atoms with Gasteiger partial charge < -0.3 is 0 Å². The molecule has 12 nitrogen and oxygen atoms in total. The lowest BCUT2D eigenvalue weighted by atomic mass is 9.93. The van der Waals surface area contributed by atoms with Gasteiger partial charge in [-0.15, -0.1) is 0 Å². The first-order valence-electron chi connectivity index (χ1n) is 46.3. The third-order valence-corrected chi connectivity index (χ3v) is 32.3. The number of nitrogens with zero attached hydrogens (tertiary/aromatic N) is 12. The van der Waals surface area contributed by atoms with Crippen molar-refractivity contribution < 1.29 is 27.4 Å². The first-order chi connectivity index (χ1) is 61.9. The van der Waals surface area contributed by atoms with Gasteiger partial charge in [0.05, 0.1) is 32.3 Å². The SMILES string of the molecule is Cc1cc2c3c(c1)c1cccc4c1c1n3c(c[n+]1C4)CC2.Cc1cc2c3c(c1)c1cccc4c1n1c(c[n+](c31)C2)CC4.Cc1ccc2c3c1c1cccc4c1c1n3c(c[n+]1C4)CC2.Cc1ccc2c3c1c1cccc4c1n1c(c[n+](c31)C2)CC4.Cc1ccc2c3cccc4c3c3n5c(c[n+]3C4)CCc1c25.Cc1ccc2c3cccc4c3n3c(c[n+]5c3c2c1C5)CC4. The van der Waals surface area contributed by atoms with Crippen LogP contribution < -0.4 is 27.4 Å². The lowest BCUT2D eigenvalue weighted by Crippen LogP contribution is -2.29. The van der Waals surface area contributed by atoms with Crippen molar-refractivity contribution in [3.8, 4) is 0 Å². The van der Waals surface area contributed by atoms with Gasteiger partial charge in [-0.25, -0.2) is 27.4 Å². The summed E-state index contributed by atoms with van der Waals surface area (Å²) in [4.78, 5) is 0. The third-order valence-electron chi connectivity index (χ3n) is 32.3. The Labute approximate surface area is 724 Å². The highest BCUT2D eigenvalue weighted by Crippen LogP contribution is 2.48. The highest BCUT2D eigenvalue weighted by Gasteiger charge is 2.42. The highest BCUT2D eigenvalue weighted by molar-refractivity contribution is 6.20. The van der Waals surface area contributed by atoms with Gasteiger partial charge in [-0.3, -0.25) is 0 Å². The van der Waals surface area contributed by atoms with E-state index in [-0.39, 0.29) is 0 Å². The first kappa shape index (κ1) is 68.3. The van der Waals surface area contributed by atoms with Crippen LogP contribution in [0.2, 0.25) is 0 Å². The number of imidazole rings is 6. The summed E-state index contributed by atoms with van der Waals surface area (Å²) in [6.45, 7) is 19.6. The molecule has 12 aliphatic rings. The lowest BCUT2D eigenvalue weighted by Gasteiger charge is -2.15. The van der Waals surface area contributed by atoms with Gasteiger partial charge in [0, 0.05) is 170 Å². The van der Waals surface area contributed by atoms with Gasteiger partial charge in [-0.1, -0.05) is 175 Å². The molecular formula is C114H90N12+6. The Balaban J connectivity index is 0.0000000724. The van der Waals surface area contributed by atoms with E-state index < -0.39 is 0 Å². The van der Waals surface area contributed by atoms with Crippen LogP contribution in [0.5, 0.6) is 0 Å². The van der Waals surface area contributed by atoms with Crippen molar-refractivity contribution >= 4 is 164 Å². The van der Waals surface area contributed by atoms with E-state index in [1.165, 1.54) is 331 Å². The molecule has 0 saturated heterocycles. The molecule has 0 saturated carbocycles. The average molecular weight is 1630 g/mol. The molecule has 0 fully saturated rings. The molecule has 0 aliphatic carbocycles. The molecule has 12 heteroatoms. The zero-order valence-corrected chi connectivity index (χ0v) is 71.9. The van der Waals surface area contributed by atoms with Crippen LogP contribution in [0.15, 0.2) is 219 Å². The van der Waals surface area contributed by atoms with E-state index in [9.17, 15) is 0 Å². The van der Waals surface area contributed by atoms with Crippen molar-refractivity contribution in [3.63, 3.8) is 0 Å². The molecule has 12 aliphatic heterocycles. The summed E-state index contributed by atoms with van der Waals surface area (Å²) in [5, 5.41) is 26.0. The van der Waals surface area contributed by atoms with E-state index in [1.54, 1.807) is 5.56 Å². The molecule has 0 radical (unpaired) electrons. The van der Waals surface area contributed by atoms with Crippen LogP contribution in [-0.2, 0) is 116 Å². The first-order valence-corrected chi connectivity index (χ1v) is 46.3. The molecule has 24 aromatic rings. The molecule has 0 amide bonds. The Kier molecular flexibility index (Phi) is 12.8. The topological polar surface area (TPSA) is 49.7 Å². The van der Waals surface area contributed by atoms with Crippen molar-refractivity contribution in [1.29, 1.82) is 0 Å². The molecule has 12 aromatic carbocycles. The molecule has 0 bridgehead atoms. The smallest absolute Gasteiger partial charge is 0.225 e. The van der Waals surface area contributed by atoms with E-state index in [4.69, 9.17) is 0 Å². The Hall–Kier alpha value is -14.1. The molecule has 600 valence electrons. The van der Waals surface area contributed by atoms with Gasteiger partial charge in [0.1, 0.15) is 144 Å². The predicted octanol–water partition coefficient (Wildman–Crippen LogP) is 19.8. The van der Waals surface area contributed by atoms with Crippen LogP contribution in [0, 0.1) is 41.5 Å². The number of fused-ring (bicyclic) bond motifs is 6. The number of rotatable bonds is 0. The van der Waals surface area contributed by atoms with Gasteiger partial charge in [-0.05, 0) is 120 Å². The fraction of sp³-hybridized carbons (Fsp3) is 0.211. The number of aromatic nitrogens is 12. The van der Waals surface area contributed by atoms with Crippen molar-refractivity contribution in [2.24, 2.45) is 0 Å². The minimum Gasteiger partial charge on any atom is -0.225 e. The maximum absolute atomic E-state index is 2.54. The van der Waals surface area contributed by atoms with Gasteiger partial charge in [-0.2, -0.15) is 26.4 Å².